The van der Waals surface area contributed by atoms with Crippen LogP contribution in [0.4, 0.5) is 0 Å². The van der Waals surface area contributed by atoms with E-state index in [1.54, 1.807) is 20.8 Å². The summed E-state index contributed by atoms with van der Waals surface area (Å²) in [5.74, 6) is -0.718. The van der Waals surface area contributed by atoms with E-state index < -0.39 is 17.5 Å². The molecule has 0 radical (unpaired) electrons. The van der Waals surface area contributed by atoms with Gasteiger partial charge in [0, 0.05) is 0 Å². The fourth-order valence-electron chi connectivity index (χ4n) is 1.43. The van der Waals surface area contributed by atoms with Gasteiger partial charge in [0.15, 0.2) is 0 Å². The highest BCUT2D eigenvalue weighted by Crippen LogP contribution is 2.22. The number of hydrogen-bond acceptors (Lipinski definition) is 5. The summed E-state index contributed by atoms with van der Waals surface area (Å²) in [4.78, 5) is 23.4. The van der Waals surface area contributed by atoms with Gasteiger partial charge in [-0.3, -0.25) is 0 Å². The molecule has 0 atom stereocenters. The molecule has 0 unspecified atom stereocenters. The first-order chi connectivity index (χ1) is 8.78. The third-order valence-electron chi connectivity index (χ3n) is 2.24. The topological polar surface area (TPSA) is 61.8 Å². The lowest BCUT2D eigenvalue weighted by Gasteiger charge is -2.19. The van der Waals surface area contributed by atoms with E-state index in [0.717, 1.165) is 0 Å². The second kappa shape index (κ2) is 5.73. The number of rotatable bonds is 3. The third-order valence-corrected chi connectivity index (χ3v) is 2.24. The van der Waals surface area contributed by atoms with Crippen molar-refractivity contribution in [2.45, 2.75) is 26.4 Å². The van der Waals surface area contributed by atoms with Gasteiger partial charge in [0.2, 0.25) is 0 Å². The quantitative estimate of drug-likeness (QED) is 0.786. The molecule has 0 fully saturated rings. The number of methoxy groups -OCH3 is 2. The molecule has 0 heterocycles. The van der Waals surface area contributed by atoms with Crippen molar-refractivity contribution in [3.05, 3.63) is 29.3 Å². The van der Waals surface area contributed by atoms with Crippen LogP contribution in [0.2, 0.25) is 0 Å². The molecule has 0 saturated heterocycles. The highest BCUT2D eigenvalue weighted by Gasteiger charge is 2.20. The maximum absolute atomic E-state index is 11.9. The standard InChI is InChI=1S/C14H18O5/c1-14(2,3)19-12(15)9-6-7-10(13(16)18-5)11(8-9)17-4/h6-8H,1-5H3. The van der Waals surface area contributed by atoms with Gasteiger partial charge in [0.1, 0.15) is 16.9 Å². The van der Waals surface area contributed by atoms with Gasteiger partial charge in [0.25, 0.3) is 0 Å². The van der Waals surface area contributed by atoms with Gasteiger partial charge in [-0.05, 0) is 39.0 Å². The summed E-state index contributed by atoms with van der Waals surface area (Å²) < 4.78 is 14.9. The number of benzene rings is 1. The van der Waals surface area contributed by atoms with E-state index in [9.17, 15) is 9.59 Å². The Labute approximate surface area is 112 Å². The molecule has 5 heteroatoms. The maximum atomic E-state index is 11.9. The molecule has 0 aliphatic rings. The van der Waals surface area contributed by atoms with Crippen LogP contribution in [-0.4, -0.2) is 31.8 Å². The minimum atomic E-state index is -0.578. The summed E-state index contributed by atoms with van der Waals surface area (Å²) in [6.45, 7) is 5.35. The Morgan fingerprint density at radius 3 is 2.16 bits per heavy atom. The van der Waals surface area contributed by atoms with Crippen LogP contribution >= 0.6 is 0 Å². The Morgan fingerprint density at radius 1 is 1.05 bits per heavy atom. The van der Waals surface area contributed by atoms with E-state index in [0.29, 0.717) is 5.56 Å². The molecule has 0 aliphatic carbocycles. The second-order valence-corrected chi connectivity index (χ2v) is 4.91. The molecular weight excluding hydrogens is 248 g/mol. The highest BCUT2D eigenvalue weighted by atomic mass is 16.6. The number of hydrogen-bond donors (Lipinski definition) is 0. The van der Waals surface area contributed by atoms with Crippen molar-refractivity contribution in [2.75, 3.05) is 14.2 Å². The number of ether oxygens (including phenoxy) is 3. The number of carbonyl (C=O) groups excluding carboxylic acids is 2. The van der Waals surface area contributed by atoms with E-state index in [1.165, 1.54) is 32.4 Å². The lowest BCUT2D eigenvalue weighted by atomic mass is 10.1. The molecule has 1 aromatic rings. The van der Waals surface area contributed by atoms with Crippen molar-refractivity contribution in [1.29, 1.82) is 0 Å². The lowest BCUT2D eigenvalue weighted by molar-refractivity contribution is 0.00687. The fraction of sp³-hybridized carbons (Fsp3) is 0.429. The van der Waals surface area contributed by atoms with Crippen molar-refractivity contribution < 1.29 is 23.8 Å². The summed E-state index contributed by atoms with van der Waals surface area (Å²) in [6, 6.07) is 4.44. The minimum Gasteiger partial charge on any atom is -0.496 e. The van der Waals surface area contributed by atoms with Gasteiger partial charge in [0.05, 0.1) is 19.8 Å². The molecule has 1 aromatic carbocycles. The molecule has 0 N–H and O–H groups in total. The summed E-state index contributed by atoms with van der Waals surface area (Å²) in [6.07, 6.45) is 0. The van der Waals surface area contributed by atoms with Crippen molar-refractivity contribution >= 4 is 11.9 Å². The van der Waals surface area contributed by atoms with Gasteiger partial charge in [-0.1, -0.05) is 0 Å². The van der Waals surface area contributed by atoms with Crippen LogP contribution < -0.4 is 4.74 Å². The average molecular weight is 266 g/mol. The minimum absolute atomic E-state index is 0.261. The van der Waals surface area contributed by atoms with Crippen LogP contribution in [0.1, 0.15) is 41.5 Å². The lowest BCUT2D eigenvalue weighted by Crippen LogP contribution is -2.24. The SMILES string of the molecule is COC(=O)c1ccc(C(=O)OC(C)(C)C)cc1OC. The zero-order valence-corrected chi connectivity index (χ0v) is 11.8. The Balaban J connectivity index is 3.07. The van der Waals surface area contributed by atoms with Gasteiger partial charge >= 0.3 is 11.9 Å². The molecule has 0 aliphatic heterocycles. The van der Waals surface area contributed by atoms with Crippen molar-refractivity contribution in [3.8, 4) is 5.75 Å². The number of esters is 2. The molecule has 0 aromatic heterocycles. The van der Waals surface area contributed by atoms with Gasteiger partial charge < -0.3 is 14.2 Å². The van der Waals surface area contributed by atoms with Crippen LogP contribution in [0.5, 0.6) is 5.75 Å². The van der Waals surface area contributed by atoms with E-state index in [-0.39, 0.29) is 11.3 Å². The fourth-order valence-corrected chi connectivity index (χ4v) is 1.43. The van der Waals surface area contributed by atoms with Crippen LogP contribution in [0.25, 0.3) is 0 Å². The van der Waals surface area contributed by atoms with Crippen molar-refractivity contribution in [1.82, 2.24) is 0 Å². The molecule has 19 heavy (non-hydrogen) atoms. The highest BCUT2D eigenvalue weighted by molar-refractivity contribution is 5.96. The molecule has 0 spiro atoms. The first kappa shape index (κ1) is 15.0. The average Bonchev–Trinajstić information content (AvgIpc) is 2.35. The zero-order valence-electron chi connectivity index (χ0n) is 11.8. The molecule has 0 amide bonds. The van der Waals surface area contributed by atoms with Crippen LogP contribution in [0, 0.1) is 0 Å². The van der Waals surface area contributed by atoms with Crippen LogP contribution in [0.3, 0.4) is 0 Å². The van der Waals surface area contributed by atoms with E-state index in [1.807, 2.05) is 0 Å². The third kappa shape index (κ3) is 3.98. The zero-order chi connectivity index (χ0) is 14.6. The molecule has 104 valence electrons. The van der Waals surface area contributed by atoms with Gasteiger partial charge in [-0.25, -0.2) is 9.59 Å². The molecule has 5 nitrogen and oxygen atoms in total. The first-order valence-corrected chi connectivity index (χ1v) is 5.78. The molecule has 0 saturated carbocycles. The normalized spacial score (nSPS) is 10.8. The largest absolute Gasteiger partial charge is 0.496 e. The molecular formula is C14H18O5. The molecule has 1 rings (SSSR count). The van der Waals surface area contributed by atoms with Crippen molar-refractivity contribution in [3.63, 3.8) is 0 Å². The Hall–Kier alpha value is -2.04. The Kier molecular flexibility index (Phi) is 4.53. The van der Waals surface area contributed by atoms with E-state index in [2.05, 4.69) is 4.74 Å². The maximum Gasteiger partial charge on any atom is 0.341 e. The van der Waals surface area contributed by atoms with E-state index in [4.69, 9.17) is 9.47 Å². The summed E-state index contributed by atoms with van der Waals surface area (Å²) >= 11 is 0. The van der Waals surface area contributed by atoms with Crippen molar-refractivity contribution in [2.24, 2.45) is 0 Å². The van der Waals surface area contributed by atoms with Gasteiger partial charge in [-0.15, -0.1) is 0 Å². The predicted molar refractivity (Wildman–Crippen MR) is 69.5 cm³/mol. The summed E-state index contributed by atoms with van der Waals surface area (Å²) in [5.41, 5.74) is 0.00228. The summed E-state index contributed by atoms with van der Waals surface area (Å²) in [5, 5.41) is 0. The van der Waals surface area contributed by atoms with E-state index >= 15 is 0 Å². The smallest absolute Gasteiger partial charge is 0.341 e. The first-order valence-electron chi connectivity index (χ1n) is 5.78. The second-order valence-electron chi connectivity index (χ2n) is 4.91. The number of carbonyl (C=O) groups is 2. The Bertz CT molecular complexity index is 485. The van der Waals surface area contributed by atoms with Gasteiger partial charge in [-0.2, -0.15) is 0 Å². The monoisotopic (exact) mass is 266 g/mol. The summed E-state index contributed by atoms with van der Waals surface area (Å²) in [7, 11) is 2.70. The van der Waals surface area contributed by atoms with Crippen LogP contribution in [0.15, 0.2) is 18.2 Å². The predicted octanol–water partition coefficient (Wildman–Crippen LogP) is 2.44. The Morgan fingerprint density at radius 2 is 1.68 bits per heavy atom. The van der Waals surface area contributed by atoms with Crippen LogP contribution in [-0.2, 0) is 9.47 Å². The molecule has 0 bridgehead atoms.